The number of benzene rings is 3. The highest BCUT2D eigenvalue weighted by molar-refractivity contribution is 6.46. The zero-order valence-corrected chi connectivity index (χ0v) is 20.9. The molecule has 192 valence electrons. The summed E-state index contributed by atoms with van der Waals surface area (Å²) in [6, 6.07) is 26.5. The number of Topliss-reactive ketones (excluding diaryl/α,β-unsaturated/α-hetero) is 1. The fourth-order valence-corrected chi connectivity index (χ4v) is 4.50. The van der Waals surface area contributed by atoms with Crippen LogP contribution in [0.5, 0.6) is 11.5 Å². The standard InChI is InChI=1S/C31H27NO6/c1-2-36-25-11-6-10-23(18-25)29(33)27-28(32(31(35)30(27)34)19-26-12-7-17-37-26)22-13-15-24(16-14-22)38-20-21-8-4-3-5-9-21/h3-18,28,33H,2,19-20H2,1H3/b29-27-. The lowest BCUT2D eigenvalue weighted by molar-refractivity contribution is -0.140. The van der Waals surface area contributed by atoms with Crippen LogP contribution in [0.25, 0.3) is 5.76 Å². The Morgan fingerprint density at radius 2 is 1.68 bits per heavy atom. The van der Waals surface area contributed by atoms with Gasteiger partial charge in [-0.3, -0.25) is 9.59 Å². The number of amides is 1. The third kappa shape index (κ3) is 5.18. The smallest absolute Gasteiger partial charge is 0.296 e. The van der Waals surface area contributed by atoms with Crippen molar-refractivity contribution in [2.24, 2.45) is 0 Å². The highest BCUT2D eigenvalue weighted by atomic mass is 16.5. The van der Waals surface area contributed by atoms with Gasteiger partial charge in [0, 0.05) is 5.56 Å². The number of furan rings is 1. The number of ether oxygens (including phenoxy) is 2. The van der Waals surface area contributed by atoms with Crippen LogP contribution in [0, 0.1) is 0 Å². The monoisotopic (exact) mass is 509 g/mol. The van der Waals surface area contributed by atoms with Gasteiger partial charge in [-0.15, -0.1) is 0 Å². The molecule has 1 atom stereocenters. The molecule has 0 aliphatic carbocycles. The van der Waals surface area contributed by atoms with E-state index in [2.05, 4.69) is 0 Å². The number of ketones is 1. The van der Waals surface area contributed by atoms with Gasteiger partial charge in [-0.1, -0.05) is 54.6 Å². The van der Waals surface area contributed by atoms with E-state index in [9.17, 15) is 14.7 Å². The van der Waals surface area contributed by atoms with E-state index >= 15 is 0 Å². The van der Waals surface area contributed by atoms with Crippen molar-refractivity contribution >= 4 is 17.4 Å². The van der Waals surface area contributed by atoms with Crippen LogP contribution in [0.3, 0.4) is 0 Å². The Kier molecular flexibility index (Phi) is 7.26. The van der Waals surface area contributed by atoms with Gasteiger partial charge in [0.25, 0.3) is 11.7 Å². The van der Waals surface area contributed by atoms with Gasteiger partial charge in [0.15, 0.2) is 0 Å². The Labute approximate surface area is 220 Å². The third-order valence-electron chi connectivity index (χ3n) is 6.31. The van der Waals surface area contributed by atoms with E-state index in [0.717, 1.165) is 5.56 Å². The number of nitrogens with zero attached hydrogens (tertiary/aromatic N) is 1. The summed E-state index contributed by atoms with van der Waals surface area (Å²) in [5, 5.41) is 11.3. The average Bonchev–Trinajstić information content (AvgIpc) is 3.55. The van der Waals surface area contributed by atoms with Crippen LogP contribution >= 0.6 is 0 Å². The number of hydrogen-bond acceptors (Lipinski definition) is 6. The van der Waals surface area contributed by atoms with Gasteiger partial charge in [-0.25, -0.2) is 0 Å². The van der Waals surface area contributed by atoms with E-state index < -0.39 is 17.7 Å². The molecule has 1 aromatic heterocycles. The fourth-order valence-electron chi connectivity index (χ4n) is 4.50. The largest absolute Gasteiger partial charge is 0.507 e. The molecule has 3 aromatic carbocycles. The molecule has 1 aliphatic rings. The van der Waals surface area contributed by atoms with Crippen molar-refractivity contribution in [3.8, 4) is 11.5 Å². The lowest BCUT2D eigenvalue weighted by atomic mass is 9.95. The molecule has 5 rings (SSSR count). The molecular formula is C31H27NO6. The number of hydrogen-bond donors (Lipinski definition) is 1. The minimum absolute atomic E-state index is 0.00755. The molecule has 0 saturated carbocycles. The second-order valence-corrected chi connectivity index (χ2v) is 8.81. The van der Waals surface area contributed by atoms with E-state index in [1.807, 2.05) is 37.3 Å². The molecule has 4 aromatic rings. The Balaban J connectivity index is 1.51. The predicted octanol–water partition coefficient (Wildman–Crippen LogP) is 5.88. The summed E-state index contributed by atoms with van der Waals surface area (Å²) in [7, 11) is 0. The predicted molar refractivity (Wildman–Crippen MR) is 141 cm³/mol. The average molecular weight is 510 g/mol. The molecule has 0 radical (unpaired) electrons. The van der Waals surface area contributed by atoms with Crippen molar-refractivity contribution in [1.82, 2.24) is 4.90 Å². The van der Waals surface area contributed by atoms with Crippen molar-refractivity contribution in [3.63, 3.8) is 0 Å². The maximum atomic E-state index is 13.3. The number of likely N-dealkylation sites (tertiary alicyclic amines) is 1. The number of aliphatic hydroxyl groups excluding tert-OH is 1. The first kappa shape index (κ1) is 24.9. The zero-order valence-electron chi connectivity index (χ0n) is 20.9. The van der Waals surface area contributed by atoms with Crippen molar-refractivity contribution in [1.29, 1.82) is 0 Å². The Morgan fingerprint density at radius 3 is 2.39 bits per heavy atom. The van der Waals surface area contributed by atoms with Crippen LogP contribution in [0.2, 0.25) is 0 Å². The lowest BCUT2D eigenvalue weighted by Crippen LogP contribution is -2.29. The van der Waals surface area contributed by atoms with Gasteiger partial charge in [0.2, 0.25) is 0 Å². The highest BCUT2D eigenvalue weighted by Gasteiger charge is 2.46. The summed E-state index contributed by atoms with van der Waals surface area (Å²) in [6.45, 7) is 2.80. The molecule has 1 N–H and O–H groups in total. The van der Waals surface area contributed by atoms with Crippen molar-refractivity contribution in [2.45, 2.75) is 26.1 Å². The van der Waals surface area contributed by atoms with Crippen LogP contribution in [-0.2, 0) is 22.7 Å². The summed E-state index contributed by atoms with van der Waals surface area (Å²) >= 11 is 0. The van der Waals surface area contributed by atoms with Crippen LogP contribution < -0.4 is 9.47 Å². The van der Waals surface area contributed by atoms with Gasteiger partial charge in [0.1, 0.15) is 29.6 Å². The summed E-state index contributed by atoms with van der Waals surface area (Å²) in [6.07, 6.45) is 1.51. The molecule has 7 heteroatoms. The van der Waals surface area contributed by atoms with Gasteiger partial charge < -0.3 is 23.9 Å². The summed E-state index contributed by atoms with van der Waals surface area (Å²) in [5.74, 6) is -0.00859. The molecule has 38 heavy (non-hydrogen) atoms. The first-order valence-electron chi connectivity index (χ1n) is 12.4. The third-order valence-corrected chi connectivity index (χ3v) is 6.31. The quantitative estimate of drug-likeness (QED) is 0.172. The van der Waals surface area contributed by atoms with Crippen molar-refractivity contribution < 1.29 is 28.6 Å². The van der Waals surface area contributed by atoms with Crippen molar-refractivity contribution in [3.05, 3.63) is 125 Å². The molecule has 2 heterocycles. The maximum Gasteiger partial charge on any atom is 0.296 e. The maximum absolute atomic E-state index is 13.3. The number of aliphatic hydroxyl groups is 1. The van der Waals surface area contributed by atoms with E-state index in [1.165, 1.54) is 11.2 Å². The van der Waals surface area contributed by atoms with Crippen molar-refractivity contribution in [2.75, 3.05) is 6.61 Å². The molecule has 0 spiro atoms. The second-order valence-electron chi connectivity index (χ2n) is 8.81. The first-order chi connectivity index (χ1) is 18.5. The molecular weight excluding hydrogens is 482 g/mol. The number of carbonyl (C=O) groups excluding carboxylic acids is 2. The fraction of sp³-hybridized carbons (Fsp3) is 0.161. The molecule has 1 saturated heterocycles. The zero-order chi connectivity index (χ0) is 26.5. The molecule has 1 unspecified atom stereocenters. The van der Waals surface area contributed by atoms with E-state index in [4.69, 9.17) is 13.9 Å². The molecule has 7 nitrogen and oxygen atoms in total. The van der Waals surface area contributed by atoms with Crippen LogP contribution in [0.1, 0.15) is 35.4 Å². The minimum Gasteiger partial charge on any atom is -0.507 e. The Hall–Kier alpha value is -4.78. The molecule has 1 amide bonds. The normalized spacial score (nSPS) is 16.6. The van der Waals surface area contributed by atoms with E-state index in [0.29, 0.717) is 41.6 Å². The van der Waals surface area contributed by atoms with Crippen LogP contribution in [0.4, 0.5) is 0 Å². The lowest BCUT2D eigenvalue weighted by Gasteiger charge is -2.24. The summed E-state index contributed by atoms with van der Waals surface area (Å²) in [5.41, 5.74) is 2.09. The molecule has 1 fully saturated rings. The van der Waals surface area contributed by atoms with E-state index in [1.54, 1.807) is 60.7 Å². The Morgan fingerprint density at radius 1 is 0.895 bits per heavy atom. The first-order valence-corrected chi connectivity index (χ1v) is 12.4. The van der Waals surface area contributed by atoms with Gasteiger partial charge in [-0.2, -0.15) is 0 Å². The summed E-state index contributed by atoms with van der Waals surface area (Å²) in [4.78, 5) is 27.9. The van der Waals surface area contributed by atoms with Gasteiger partial charge >= 0.3 is 0 Å². The molecule has 0 bridgehead atoms. The summed E-state index contributed by atoms with van der Waals surface area (Å²) < 4.78 is 16.9. The highest BCUT2D eigenvalue weighted by Crippen LogP contribution is 2.41. The van der Waals surface area contributed by atoms with Crippen LogP contribution in [-0.4, -0.2) is 28.3 Å². The van der Waals surface area contributed by atoms with Gasteiger partial charge in [-0.05, 0) is 54.4 Å². The second kappa shape index (κ2) is 11.1. The van der Waals surface area contributed by atoms with E-state index in [-0.39, 0.29) is 17.9 Å². The van der Waals surface area contributed by atoms with Gasteiger partial charge in [0.05, 0.1) is 31.0 Å². The van der Waals surface area contributed by atoms with Crippen LogP contribution in [0.15, 0.2) is 107 Å². The Bertz CT molecular complexity index is 1440. The number of carbonyl (C=O) groups is 2. The molecule has 1 aliphatic heterocycles. The SMILES string of the molecule is CCOc1cccc(/C(O)=C2/C(=O)C(=O)N(Cc3ccco3)C2c2ccc(OCc3ccccc3)cc2)c1. The number of rotatable bonds is 9. The topological polar surface area (TPSA) is 89.2 Å². The minimum atomic E-state index is -0.820.